The number of hydrogen-bond donors (Lipinski definition) is 1. The topological polar surface area (TPSA) is 89.0 Å². The van der Waals surface area contributed by atoms with E-state index in [1.807, 2.05) is 32.0 Å². The van der Waals surface area contributed by atoms with Gasteiger partial charge in [-0.1, -0.05) is 47.2 Å². The maximum absolute atomic E-state index is 13.4. The molecule has 0 spiro atoms. The summed E-state index contributed by atoms with van der Waals surface area (Å²) in [5.41, 5.74) is 1.62. The van der Waals surface area contributed by atoms with Crippen molar-refractivity contribution in [2.24, 2.45) is 0 Å². The fourth-order valence-electron chi connectivity index (χ4n) is 4.30. The van der Waals surface area contributed by atoms with E-state index in [9.17, 15) is 14.7 Å². The molecule has 4 aromatic rings. The van der Waals surface area contributed by atoms with E-state index < -0.39 is 17.7 Å². The van der Waals surface area contributed by atoms with Gasteiger partial charge in [-0.3, -0.25) is 14.5 Å². The van der Waals surface area contributed by atoms with E-state index in [4.69, 9.17) is 21.1 Å². The molecular formula is C28H23ClN2O5S. The van der Waals surface area contributed by atoms with E-state index in [2.05, 4.69) is 4.98 Å². The van der Waals surface area contributed by atoms with Crippen LogP contribution in [0.15, 0.2) is 72.3 Å². The Balaban J connectivity index is 1.68. The van der Waals surface area contributed by atoms with Crippen molar-refractivity contribution in [3.05, 3.63) is 88.5 Å². The van der Waals surface area contributed by atoms with Gasteiger partial charge in [-0.15, -0.1) is 0 Å². The zero-order valence-corrected chi connectivity index (χ0v) is 21.7. The molecule has 1 atom stereocenters. The number of Topliss-reactive ketones (excluding diaryl/α,β-unsaturated/α-hetero) is 1. The first-order valence-corrected chi connectivity index (χ1v) is 12.9. The summed E-state index contributed by atoms with van der Waals surface area (Å²) in [6.45, 7) is 4.72. The smallest absolute Gasteiger partial charge is 0.301 e. The predicted molar refractivity (Wildman–Crippen MR) is 145 cm³/mol. The highest BCUT2D eigenvalue weighted by Gasteiger charge is 2.48. The average molecular weight is 535 g/mol. The second-order valence-electron chi connectivity index (χ2n) is 8.24. The first-order chi connectivity index (χ1) is 17.9. The van der Waals surface area contributed by atoms with Gasteiger partial charge in [0.05, 0.1) is 35.0 Å². The zero-order valence-electron chi connectivity index (χ0n) is 20.1. The van der Waals surface area contributed by atoms with E-state index >= 15 is 0 Å². The highest BCUT2D eigenvalue weighted by molar-refractivity contribution is 7.22. The molecule has 1 aromatic heterocycles. The van der Waals surface area contributed by atoms with Crippen molar-refractivity contribution in [2.45, 2.75) is 19.9 Å². The summed E-state index contributed by atoms with van der Waals surface area (Å²) < 4.78 is 12.0. The normalized spacial score (nSPS) is 16.9. The van der Waals surface area contributed by atoms with Crippen LogP contribution in [0, 0.1) is 0 Å². The number of hydrogen-bond acceptors (Lipinski definition) is 7. The molecule has 0 saturated carbocycles. The minimum atomic E-state index is -0.903. The van der Waals surface area contributed by atoms with Crippen molar-refractivity contribution < 1.29 is 24.2 Å². The minimum absolute atomic E-state index is 0.0322. The predicted octanol–water partition coefficient (Wildman–Crippen LogP) is 6.37. The fourth-order valence-corrected chi connectivity index (χ4v) is 5.44. The third-order valence-electron chi connectivity index (χ3n) is 5.91. The molecule has 0 radical (unpaired) electrons. The third-order valence-corrected chi connectivity index (χ3v) is 7.18. The van der Waals surface area contributed by atoms with Gasteiger partial charge < -0.3 is 14.6 Å². The largest absolute Gasteiger partial charge is 0.507 e. The molecule has 0 aliphatic carbocycles. The summed E-state index contributed by atoms with van der Waals surface area (Å²) >= 11 is 7.39. The van der Waals surface area contributed by atoms with E-state index in [1.165, 1.54) is 16.2 Å². The van der Waals surface area contributed by atoms with Crippen molar-refractivity contribution in [1.82, 2.24) is 4.98 Å². The number of aliphatic hydroxyl groups excluding tert-OH is 1. The van der Waals surface area contributed by atoms with E-state index in [1.54, 1.807) is 48.5 Å². The Labute approximate surface area is 222 Å². The molecule has 1 aliphatic rings. The number of carbonyl (C=O) groups is 2. The molecule has 1 amide bonds. The second-order valence-corrected chi connectivity index (χ2v) is 9.69. The molecule has 188 valence electrons. The van der Waals surface area contributed by atoms with Crippen molar-refractivity contribution in [3.8, 4) is 11.5 Å². The molecule has 1 aliphatic heterocycles. The number of ketones is 1. The number of aromatic nitrogens is 1. The summed E-state index contributed by atoms with van der Waals surface area (Å²) in [7, 11) is 0. The van der Waals surface area contributed by atoms with Gasteiger partial charge in [0.15, 0.2) is 5.13 Å². The van der Waals surface area contributed by atoms with Gasteiger partial charge >= 0.3 is 5.91 Å². The summed E-state index contributed by atoms with van der Waals surface area (Å²) in [4.78, 5) is 32.8. The zero-order chi connectivity index (χ0) is 26.1. The summed E-state index contributed by atoms with van der Waals surface area (Å²) in [5, 5.41) is 12.2. The maximum atomic E-state index is 13.4. The van der Waals surface area contributed by atoms with Crippen molar-refractivity contribution in [2.75, 3.05) is 18.1 Å². The van der Waals surface area contributed by atoms with Gasteiger partial charge in [-0.05, 0) is 61.9 Å². The lowest BCUT2D eigenvalue weighted by Crippen LogP contribution is -2.29. The Morgan fingerprint density at radius 1 is 1.00 bits per heavy atom. The van der Waals surface area contributed by atoms with Gasteiger partial charge in [0.25, 0.3) is 5.78 Å². The van der Waals surface area contributed by atoms with Gasteiger partial charge in [0.1, 0.15) is 17.3 Å². The Bertz CT molecular complexity index is 1530. The maximum Gasteiger partial charge on any atom is 0.301 e. The van der Waals surface area contributed by atoms with Crippen molar-refractivity contribution >= 4 is 55.7 Å². The molecule has 9 heteroatoms. The van der Waals surface area contributed by atoms with E-state index in [-0.39, 0.29) is 11.3 Å². The molecule has 37 heavy (non-hydrogen) atoms. The van der Waals surface area contributed by atoms with Gasteiger partial charge in [-0.2, -0.15) is 0 Å². The lowest BCUT2D eigenvalue weighted by atomic mass is 9.95. The third kappa shape index (κ3) is 4.65. The molecular weight excluding hydrogens is 512 g/mol. The highest BCUT2D eigenvalue weighted by Crippen LogP contribution is 2.45. The number of thiazole rings is 1. The molecule has 7 nitrogen and oxygen atoms in total. The monoisotopic (exact) mass is 534 g/mol. The second kappa shape index (κ2) is 10.2. The van der Waals surface area contributed by atoms with Crippen LogP contribution in [0.3, 0.4) is 0 Å². The van der Waals surface area contributed by atoms with Crippen LogP contribution < -0.4 is 14.4 Å². The van der Waals surface area contributed by atoms with E-state index in [0.717, 1.165) is 4.70 Å². The van der Waals surface area contributed by atoms with Gasteiger partial charge in [-0.25, -0.2) is 4.98 Å². The number of halogens is 1. The fraction of sp³-hybridized carbons (Fsp3) is 0.179. The van der Waals surface area contributed by atoms with Crippen LogP contribution in [0.1, 0.15) is 31.0 Å². The lowest BCUT2D eigenvalue weighted by Gasteiger charge is -2.23. The summed E-state index contributed by atoms with van der Waals surface area (Å²) in [6, 6.07) is 18.2. The summed E-state index contributed by atoms with van der Waals surface area (Å²) in [6.07, 6.45) is 0. The van der Waals surface area contributed by atoms with Crippen LogP contribution in [0.4, 0.5) is 5.13 Å². The number of carbonyl (C=O) groups excluding carboxylic acids is 2. The average Bonchev–Trinajstić information content (AvgIpc) is 3.42. The molecule has 5 rings (SSSR count). The molecule has 0 bridgehead atoms. The number of amides is 1. The first kappa shape index (κ1) is 24.8. The van der Waals surface area contributed by atoms with Crippen LogP contribution in [-0.4, -0.2) is 35.0 Å². The van der Waals surface area contributed by atoms with Crippen LogP contribution >= 0.6 is 22.9 Å². The summed E-state index contributed by atoms with van der Waals surface area (Å²) in [5.74, 6) is -0.627. The Morgan fingerprint density at radius 2 is 1.70 bits per heavy atom. The van der Waals surface area contributed by atoms with Crippen LogP contribution in [0.25, 0.3) is 16.0 Å². The number of nitrogens with zero attached hydrogens (tertiary/aromatic N) is 2. The number of anilines is 1. The van der Waals surface area contributed by atoms with Gasteiger partial charge in [0.2, 0.25) is 0 Å². The number of benzene rings is 3. The molecule has 1 saturated heterocycles. The number of aliphatic hydroxyl groups is 1. The molecule has 2 heterocycles. The molecule has 1 N–H and O–H groups in total. The van der Waals surface area contributed by atoms with Crippen LogP contribution in [-0.2, 0) is 9.59 Å². The Hall–Kier alpha value is -3.88. The lowest BCUT2D eigenvalue weighted by molar-refractivity contribution is -0.132. The molecule has 1 fully saturated rings. The quantitative estimate of drug-likeness (QED) is 0.168. The van der Waals surface area contributed by atoms with Crippen LogP contribution in [0.5, 0.6) is 11.5 Å². The number of ether oxygens (including phenoxy) is 2. The van der Waals surface area contributed by atoms with Crippen molar-refractivity contribution in [3.63, 3.8) is 0 Å². The Morgan fingerprint density at radius 3 is 2.41 bits per heavy atom. The minimum Gasteiger partial charge on any atom is -0.507 e. The number of fused-ring (bicyclic) bond motifs is 1. The highest BCUT2D eigenvalue weighted by atomic mass is 35.5. The Kier molecular flexibility index (Phi) is 6.86. The SMILES string of the molecule is CCOc1cccc(C(O)=C2C(=O)C(=O)N(c3nc4ccc(OCC)cc4s3)C2c2ccc(Cl)cc2)c1. The molecule has 1 unspecified atom stereocenters. The standard InChI is InChI=1S/C28H23ClN2O5S/c1-3-35-19-7-5-6-17(14-19)25(32)23-24(16-8-10-18(29)11-9-16)31(27(34)26(23)33)28-30-21-13-12-20(36-4-2)15-22(21)37-28/h5-15,24,32H,3-4H2,1-2H3. The van der Waals surface area contributed by atoms with E-state index in [0.29, 0.717) is 51.5 Å². The number of rotatable bonds is 7. The van der Waals surface area contributed by atoms with Gasteiger partial charge in [0, 0.05) is 10.6 Å². The van der Waals surface area contributed by atoms with Crippen LogP contribution in [0.2, 0.25) is 5.02 Å². The molecule has 3 aromatic carbocycles. The first-order valence-electron chi connectivity index (χ1n) is 11.7. The van der Waals surface area contributed by atoms with Crippen molar-refractivity contribution in [1.29, 1.82) is 0 Å².